The van der Waals surface area contributed by atoms with Crippen LogP contribution >= 0.6 is 0 Å². The van der Waals surface area contributed by atoms with E-state index in [2.05, 4.69) is 5.32 Å². The number of nitrogens with one attached hydrogen (secondary N) is 1. The van der Waals surface area contributed by atoms with Crippen molar-refractivity contribution in [3.05, 3.63) is 30.1 Å². The lowest BCUT2D eigenvalue weighted by Crippen LogP contribution is -2.37. The van der Waals surface area contributed by atoms with Crippen LogP contribution in [-0.4, -0.2) is 25.0 Å². The standard InChI is InChI=1S/C14H21FN2O/c1-4-16-11(3)10-14(18)17(5-2)13-8-6-12(15)7-9-13/h6-9,11,16H,4-5,10H2,1-3H3. The maximum atomic E-state index is 12.9. The molecule has 0 aliphatic heterocycles. The smallest absolute Gasteiger partial charge is 0.228 e. The summed E-state index contributed by atoms with van der Waals surface area (Å²) in [6, 6.07) is 6.17. The third kappa shape index (κ3) is 4.11. The summed E-state index contributed by atoms with van der Waals surface area (Å²) in [6.45, 7) is 7.35. The summed E-state index contributed by atoms with van der Waals surface area (Å²) in [4.78, 5) is 13.8. The zero-order valence-corrected chi connectivity index (χ0v) is 11.2. The Labute approximate surface area is 108 Å². The molecular formula is C14H21FN2O. The number of rotatable bonds is 6. The van der Waals surface area contributed by atoms with Crippen LogP contribution in [0.1, 0.15) is 27.2 Å². The zero-order chi connectivity index (χ0) is 13.5. The first-order valence-corrected chi connectivity index (χ1v) is 6.37. The quantitative estimate of drug-likeness (QED) is 0.844. The maximum absolute atomic E-state index is 12.9. The highest BCUT2D eigenvalue weighted by atomic mass is 19.1. The Bertz CT molecular complexity index is 378. The average Bonchev–Trinajstić information content (AvgIpc) is 2.32. The Kier molecular flexibility index (Phi) is 5.78. The summed E-state index contributed by atoms with van der Waals surface area (Å²) in [5.41, 5.74) is 0.743. The van der Waals surface area contributed by atoms with Crippen molar-refractivity contribution in [2.75, 3.05) is 18.0 Å². The van der Waals surface area contributed by atoms with Gasteiger partial charge in [-0.05, 0) is 44.7 Å². The molecule has 0 spiro atoms. The lowest BCUT2D eigenvalue weighted by Gasteiger charge is -2.23. The summed E-state index contributed by atoms with van der Waals surface area (Å²) in [6.07, 6.45) is 0.444. The summed E-state index contributed by atoms with van der Waals surface area (Å²) in [5.74, 6) is -0.235. The third-order valence-corrected chi connectivity index (χ3v) is 2.79. The van der Waals surface area contributed by atoms with E-state index in [9.17, 15) is 9.18 Å². The molecule has 18 heavy (non-hydrogen) atoms. The molecular weight excluding hydrogens is 231 g/mol. The van der Waals surface area contributed by atoms with Gasteiger partial charge in [-0.1, -0.05) is 6.92 Å². The number of hydrogen-bond acceptors (Lipinski definition) is 2. The average molecular weight is 252 g/mol. The minimum absolute atomic E-state index is 0.0533. The molecule has 1 atom stereocenters. The molecule has 0 aliphatic rings. The van der Waals surface area contributed by atoms with E-state index in [0.717, 1.165) is 12.2 Å². The number of amides is 1. The molecule has 0 radical (unpaired) electrons. The molecule has 0 bridgehead atoms. The van der Waals surface area contributed by atoms with Gasteiger partial charge in [0.2, 0.25) is 5.91 Å². The molecule has 0 fully saturated rings. The Morgan fingerprint density at radius 1 is 1.33 bits per heavy atom. The Morgan fingerprint density at radius 2 is 1.94 bits per heavy atom. The normalized spacial score (nSPS) is 12.2. The highest BCUT2D eigenvalue weighted by Crippen LogP contribution is 2.16. The molecule has 4 heteroatoms. The van der Waals surface area contributed by atoms with Crippen LogP contribution in [-0.2, 0) is 4.79 Å². The highest BCUT2D eigenvalue weighted by Gasteiger charge is 2.16. The largest absolute Gasteiger partial charge is 0.314 e. The van der Waals surface area contributed by atoms with Crippen LogP contribution in [0.5, 0.6) is 0 Å². The first-order chi connectivity index (χ1) is 8.58. The molecule has 0 heterocycles. The molecule has 1 unspecified atom stereocenters. The monoisotopic (exact) mass is 252 g/mol. The second-order valence-electron chi connectivity index (χ2n) is 4.28. The number of benzene rings is 1. The van der Waals surface area contributed by atoms with E-state index in [0.29, 0.717) is 13.0 Å². The molecule has 1 aromatic carbocycles. The lowest BCUT2D eigenvalue weighted by molar-refractivity contribution is -0.119. The maximum Gasteiger partial charge on any atom is 0.228 e. The van der Waals surface area contributed by atoms with Crippen LogP contribution in [0.25, 0.3) is 0 Å². The van der Waals surface area contributed by atoms with Gasteiger partial charge in [-0.3, -0.25) is 4.79 Å². The fourth-order valence-electron chi connectivity index (χ4n) is 1.92. The number of nitrogens with zero attached hydrogens (tertiary/aromatic N) is 1. The second-order valence-corrected chi connectivity index (χ2v) is 4.28. The molecule has 1 rings (SSSR count). The van der Waals surface area contributed by atoms with E-state index in [1.807, 2.05) is 20.8 Å². The molecule has 3 nitrogen and oxygen atoms in total. The topological polar surface area (TPSA) is 32.3 Å². The number of carbonyl (C=O) groups excluding carboxylic acids is 1. The number of anilines is 1. The van der Waals surface area contributed by atoms with Crippen molar-refractivity contribution in [1.29, 1.82) is 0 Å². The van der Waals surface area contributed by atoms with Gasteiger partial charge < -0.3 is 10.2 Å². The van der Waals surface area contributed by atoms with Gasteiger partial charge >= 0.3 is 0 Å². The Morgan fingerprint density at radius 3 is 2.44 bits per heavy atom. The summed E-state index contributed by atoms with van der Waals surface area (Å²) >= 11 is 0. The number of hydrogen-bond donors (Lipinski definition) is 1. The lowest BCUT2D eigenvalue weighted by atomic mass is 10.2. The van der Waals surface area contributed by atoms with Gasteiger partial charge in [-0.15, -0.1) is 0 Å². The minimum atomic E-state index is -0.289. The van der Waals surface area contributed by atoms with Gasteiger partial charge in [0, 0.05) is 24.7 Å². The molecule has 1 aromatic rings. The molecule has 100 valence electrons. The van der Waals surface area contributed by atoms with E-state index in [1.165, 1.54) is 12.1 Å². The van der Waals surface area contributed by atoms with Crippen molar-refractivity contribution < 1.29 is 9.18 Å². The van der Waals surface area contributed by atoms with E-state index in [4.69, 9.17) is 0 Å². The fraction of sp³-hybridized carbons (Fsp3) is 0.500. The van der Waals surface area contributed by atoms with Gasteiger partial charge in [-0.2, -0.15) is 0 Å². The van der Waals surface area contributed by atoms with Crippen LogP contribution < -0.4 is 10.2 Å². The van der Waals surface area contributed by atoms with Crippen molar-refractivity contribution in [1.82, 2.24) is 5.32 Å². The van der Waals surface area contributed by atoms with Crippen LogP contribution in [0.2, 0.25) is 0 Å². The van der Waals surface area contributed by atoms with E-state index >= 15 is 0 Å². The molecule has 0 saturated carbocycles. The van der Waals surface area contributed by atoms with Gasteiger partial charge in [0.25, 0.3) is 0 Å². The highest BCUT2D eigenvalue weighted by molar-refractivity contribution is 5.93. The predicted octanol–water partition coefficient (Wildman–Crippen LogP) is 2.57. The van der Waals surface area contributed by atoms with Crippen LogP contribution in [0.4, 0.5) is 10.1 Å². The van der Waals surface area contributed by atoms with E-state index < -0.39 is 0 Å². The van der Waals surface area contributed by atoms with Gasteiger partial charge in [0.05, 0.1) is 0 Å². The van der Waals surface area contributed by atoms with Crippen LogP contribution in [0.3, 0.4) is 0 Å². The molecule has 1 amide bonds. The summed E-state index contributed by atoms with van der Waals surface area (Å²) in [5, 5.41) is 3.21. The van der Waals surface area contributed by atoms with Crippen LogP contribution in [0.15, 0.2) is 24.3 Å². The van der Waals surface area contributed by atoms with Crippen molar-refractivity contribution in [3.8, 4) is 0 Å². The SMILES string of the molecule is CCNC(C)CC(=O)N(CC)c1ccc(F)cc1. The number of carbonyl (C=O) groups is 1. The van der Waals surface area contributed by atoms with Crippen molar-refractivity contribution >= 4 is 11.6 Å². The van der Waals surface area contributed by atoms with Crippen molar-refractivity contribution in [3.63, 3.8) is 0 Å². The molecule has 0 saturated heterocycles. The van der Waals surface area contributed by atoms with Crippen molar-refractivity contribution in [2.24, 2.45) is 0 Å². The van der Waals surface area contributed by atoms with E-state index in [-0.39, 0.29) is 17.8 Å². The number of halogens is 1. The zero-order valence-electron chi connectivity index (χ0n) is 11.2. The predicted molar refractivity (Wildman–Crippen MR) is 72.2 cm³/mol. The summed E-state index contributed by atoms with van der Waals surface area (Å²) < 4.78 is 12.9. The molecule has 1 N–H and O–H groups in total. The molecule has 0 aromatic heterocycles. The summed E-state index contributed by atoms with van der Waals surface area (Å²) in [7, 11) is 0. The van der Waals surface area contributed by atoms with Crippen molar-refractivity contribution in [2.45, 2.75) is 33.2 Å². The first-order valence-electron chi connectivity index (χ1n) is 6.37. The first kappa shape index (κ1) is 14.6. The van der Waals surface area contributed by atoms with Crippen LogP contribution in [0, 0.1) is 5.82 Å². The second kappa shape index (κ2) is 7.11. The Balaban J connectivity index is 2.71. The van der Waals surface area contributed by atoms with Gasteiger partial charge in [0.1, 0.15) is 5.82 Å². The minimum Gasteiger partial charge on any atom is -0.314 e. The fourth-order valence-corrected chi connectivity index (χ4v) is 1.92. The van der Waals surface area contributed by atoms with Gasteiger partial charge in [0.15, 0.2) is 0 Å². The van der Waals surface area contributed by atoms with E-state index in [1.54, 1.807) is 17.0 Å². The third-order valence-electron chi connectivity index (χ3n) is 2.79. The Hall–Kier alpha value is -1.42. The van der Waals surface area contributed by atoms with Gasteiger partial charge in [-0.25, -0.2) is 4.39 Å². The molecule has 0 aliphatic carbocycles.